The number of fused-ring (bicyclic) bond motifs is 2. The van der Waals surface area contributed by atoms with Gasteiger partial charge in [-0.1, -0.05) is 36.5 Å². The minimum atomic E-state index is -0.683. The number of carbonyl (C=O) groups is 1. The topological polar surface area (TPSA) is 73.8 Å². The zero-order chi connectivity index (χ0) is 19.7. The molecule has 2 aromatic heterocycles. The van der Waals surface area contributed by atoms with Gasteiger partial charge in [-0.25, -0.2) is 4.79 Å². The van der Waals surface area contributed by atoms with Gasteiger partial charge in [0.2, 0.25) is 0 Å². The van der Waals surface area contributed by atoms with E-state index in [9.17, 15) is 9.59 Å². The molecule has 0 unspecified atom stereocenters. The first-order valence-corrected chi connectivity index (χ1v) is 9.71. The molecule has 0 aliphatic heterocycles. The SMILES string of the molecule is CCCn1c(=NC(=O)c2cc3ccccc3oc2=O)sc2cc(OC)ccc21. The van der Waals surface area contributed by atoms with Crippen LogP contribution in [0.1, 0.15) is 23.7 Å². The number of amides is 1. The second kappa shape index (κ2) is 7.44. The van der Waals surface area contributed by atoms with Gasteiger partial charge in [0.25, 0.3) is 5.91 Å². The molecule has 0 atom stereocenters. The molecule has 0 aliphatic rings. The maximum Gasteiger partial charge on any atom is 0.349 e. The highest BCUT2D eigenvalue weighted by Gasteiger charge is 2.14. The van der Waals surface area contributed by atoms with Crippen LogP contribution in [0.4, 0.5) is 0 Å². The van der Waals surface area contributed by atoms with Gasteiger partial charge < -0.3 is 13.7 Å². The molecule has 142 valence electrons. The Labute approximate surface area is 164 Å². The number of benzene rings is 2. The van der Waals surface area contributed by atoms with Crippen LogP contribution in [0.5, 0.6) is 5.75 Å². The van der Waals surface area contributed by atoms with Gasteiger partial charge in [-0.2, -0.15) is 4.99 Å². The molecule has 0 fully saturated rings. The van der Waals surface area contributed by atoms with E-state index < -0.39 is 11.5 Å². The molecule has 28 heavy (non-hydrogen) atoms. The van der Waals surface area contributed by atoms with Crippen LogP contribution in [0.15, 0.2) is 62.7 Å². The van der Waals surface area contributed by atoms with Crippen molar-refractivity contribution >= 4 is 38.4 Å². The molecule has 0 spiro atoms. The summed E-state index contributed by atoms with van der Waals surface area (Å²) >= 11 is 1.39. The van der Waals surface area contributed by atoms with Crippen LogP contribution < -0.4 is 15.2 Å². The third kappa shape index (κ3) is 3.25. The van der Waals surface area contributed by atoms with Gasteiger partial charge in [0.15, 0.2) is 4.80 Å². The second-order valence-corrected chi connectivity index (χ2v) is 7.28. The Morgan fingerprint density at radius 3 is 2.82 bits per heavy atom. The van der Waals surface area contributed by atoms with Crippen LogP contribution in [0.2, 0.25) is 0 Å². The van der Waals surface area contributed by atoms with Gasteiger partial charge in [-0.15, -0.1) is 0 Å². The predicted octanol–water partition coefficient (Wildman–Crippen LogP) is 3.97. The number of hydrogen-bond donors (Lipinski definition) is 0. The maximum atomic E-state index is 12.8. The van der Waals surface area contributed by atoms with E-state index in [1.807, 2.05) is 28.8 Å². The van der Waals surface area contributed by atoms with E-state index in [1.165, 1.54) is 17.4 Å². The fraction of sp³-hybridized carbons (Fsp3) is 0.190. The van der Waals surface area contributed by atoms with Crippen LogP contribution in [-0.4, -0.2) is 17.6 Å². The van der Waals surface area contributed by atoms with Gasteiger partial charge in [0, 0.05) is 11.9 Å². The smallest absolute Gasteiger partial charge is 0.349 e. The largest absolute Gasteiger partial charge is 0.497 e. The van der Waals surface area contributed by atoms with Gasteiger partial charge in [-0.05, 0) is 36.8 Å². The van der Waals surface area contributed by atoms with Crippen molar-refractivity contribution in [3.8, 4) is 5.75 Å². The normalized spacial score (nSPS) is 12.0. The number of hydrogen-bond acceptors (Lipinski definition) is 5. The maximum absolute atomic E-state index is 12.8. The van der Waals surface area contributed by atoms with E-state index >= 15 is 0 Å². The Hall–Kier alpha value is -3.19. The standard InChI is InChI=1S/C21H18N2O4S/c1-3-10-23-16-9-8-14(26-2)12-18(16)28-21(23)22-19(24)15-11-13-6-4-5-7-17(13)27-20(15)25/h4-9,11-12H,3,10H2,1-2H3. The summed E-state index contributed by atoms with van der Waals surface area (Å²) in [6, 6.07) is 14.4. The first-order chi connectivity index (χ1) is 13.6. The van der Waals surface area contributed by atoms with Crippen LogP contribution in [0, 0.1) is 0 Å². The van der Waals surface area contributed by atoms with E-state index in [1.54, 1.807) is 25.3 Å². The summed E-state index contributed by atoms with van der Waals surface area (Å²) < 4.78 is 13.5. The molecule has 6 nitrogen and oxygen atoms in total. The lowest BCUT2D eigenvalue weighted by Crippen LogP contribution is -2.19. The molecule has 0 N–H and O–H groups in total. The number of aromatic nitrogens is 1. The van der Waals surface area contributed by atoms with Crippen molar-refractivity contribution in [1.82, 2.24) is 4.57 Å². The monoisotopic (exact) mass is 394 g/mol. The van der Waals surface area contributed by atoms with Gasteiger partial charge in [0.05, 0.1) is 17.3 Å². The molecule has 0 saturated heterocycles. The van der Waals surface area contributed by atoms with Crippen molar-refractivity contribution in [3.63, 3.8) is 0 Å². The molecule has 4 aromatic rings. The molecule has 0 saturated carbocycles. The highest BCUT2D eigenvalue weighted by Crippen LogP contribution is 2.23. The number of methoxy groups -OCH3 is 1. The van der Waals surface area contributed by atoms with Crippen molar-refractivity contribution in [1.29, 1.82) is 0 Å². The van der Waals surface area contributed by atoms with Crippen LogP contribution in [0.3, 0.4) is 0 Å². The van der Waals surface area contributed by atoms with Crippen LogP contribution in [-0.2, 0) is 6.54 Å². The first-order valence-electron chi connectivity index (χ1n) is 8.90. The number of carbonyl (C=O) groups excluding carboxylic acids is 1. The first kappa shape index (κ1) is 18.2. The van der Waals surface area contributed by atoms with E-state index in [0.29, 0.717) is 22.3 Å². The molecule has 0 bridgehead atoms. The Bertz CT molecular complexity index is 1310. The van der Waals surface area contributed by atoms with E-state index in [-0.39, 0.29) is 5.56 Å². The number of para-hydroxylation sites is 1. The second-order valence-electron chi connectivity index (χ2n) is 6.27. The molecule has 0 aliphatic carbocycles. The van der Waals surface area contributed by atoms with Crippen LogP contribution in [0.25, 0.3) is 21.2 Å². The summed E-state index contributed by atoms with van der Waals surface area (Å²) in [5, 5.41) is 0.683. The summed E-state index contributed by atoms with van der Waals surface area (Å²) in [7, 11) is 1.61. The average molecular weight is 394 g/mol. The lowest BCUT2D eigenvalue weighted by atomic mass is 10.2. The lowest BCUT2D eigenvalue weighted by Gasteiger charge is -2.03. The summed E-state index contributed by atoms with van der Waals surface area (Å²) in [6.45, 7) is 2.77. The molecule has 0 radical (unpaired) electrons. The molecule has 7 heteroatoms. The third-order valence-electron chi connectivity index (χ3n) is 4.41. The van der Waals surface area contributed by atoms with Crippen molar-refractivity contribution in [2.45, 2.75) is 19.9 Å². The van der Waals surface area contributed by atoms with Crippen LogP contribution >= 0.6 is 11.3 Å². The zero-order valence-electron chi connectivity index (χ0n) is 15.5. The quantitative estimate of drug-likeness (QED) is 0.491. The van der Waals surface area contributed by atoms with E-state index in [0.717, 1.165) is 22.4 Å². The fourth-order valence-corrected chi connectivity index (χ4v) is 4.15. The number of rotatable bonds is 4. The molecule has 4 rings (SSSR count). The molecular weight excluding hydrogens is 376 g/mol. The molecular formula is C21H18N2O4S. The fourth-order valence-electron chi connectivity index (χ4n) is 3.06. The Balaban J connectivity index is 1.87. The van der Waals surface area contributed by atoms with Crippen molar-refractivity contribution in [3.05, 3.63) is 69.3 Å². The Morgan fingerprint density at radius 1 is 1.21 bits per heavy atom. The summed E-state index contributed by atoms with van der Waals surface area (Å²) in [5.41, 5.74) is 0.665. The number of aryl methyl sites for hydroxylation is 1. The molecule has 2 heterocycles. The molecule has 2 aromatic carbocycles. The Morgan fingerprint density at radius 2 is 2.04 bits per heavy atom. The minimum Gasteiger partial charge on any atom is -0.497 e. The summed E-state index contributed by atoms with van der Waals surface area (Å²) in [5.74, 6) is 0.133. The highest BCUT2D eigenvalue weighted by molar-refractivity contribution is 7.16. The highest BCUT2D eigenvalue weighted by atomic mass is 32.1. The average Bonchev–Trinajstić information content (AvgIpc) is 3.03. The predicted molar refractivity (Wildman–Crippen MR) is 109 cm³/mol. The third-order valence-corrected chi connectivity index (χ3v) is 5.45. The number of nitrogens with zero attached hydrogens (tertiary/aromatic N) is 2. The Kier molecular flexibility index (Phi) is 4.83. The summed E-state index contributed by atoms with van der Waals surface area (Å²) in [6.07, 6.45) is 0.886. The van der Waals surface area contributed by atoms with Crippen molar-refractivity contribution in [2.24, 2.45) is 4.99 Å². The molecule has 1 amide bonds. The van der Waals surface area contributed by atoms with Gasteiger partial charge in [-0.3, -0.25) is 4.79 Å². The van der Waals surface area contributed by atoms with Gasteiger partial charge in [0.1, 0.15) is 16.9 Å². The number of thiazole rings is 1. The minimum absolute atomic E-state index is 0.0724. The zero-order valence-corrected chi connectivity index (χ0v) is 16.3. The van der Waals surface area contributed by atoms with E-state index in [2.05, 4.69) is 11.9 Å². The van der Waals surface area contributed by atoms with Crippen molar-refractivity contribution in [2.75, 3.05) is 7.11 Å². The van der Waals surface area contributed by atoms with Crippen molar-refractivity contribution < 1.29 is 13.9 Å². The number of ether oxygens (including phenoxy) is 1. The summed E-state index contributed by atoms with van der Waals surface area (Å²) in [4.78, 5) is 29.8. The lowest BCUT2D eigenvalue weighted by molar-refractivity contribution is 0.0994. The van der Waals surface area contributed by atoms with E-state index in [4.69, 9.17) is 9.15 Å². The van der Waals surface area contributed by atoms with Gasteiger partial charge >= 0.3 is 5.63 Å².